The van der Waals surface area contributed by atoms with Gasteiger partial charge in [-0.05, 0) is 39.0 Å². The number of isocyanates is 1. The molecule has 0 aromatic carbocycles. The zero-order valence-electron chi connectivity index (χ0n) is 7.60. The van der Waals surface area contributed by atoms with Crippen LogP contribution in [0.3, 0.4) is 0 Å². The Hall–Kier alpha value is -0.880. The molecule has 0 amide bonds. The van der Waals surface area contributed by atoms with Crippen molar-refractivity contribution in [2.24, 2.45) is 4.99 Å². The van der Waals surface area contributed by atoms with Crippen LogP contribution in [0.1, 0.15) is 39.0 Å². The summed E-state index contributed by atoms with van der Waals surface area (Å²) in [5.41, 5.74) is 3.03. The zero-order chi connectivity index (χ0) is 8.81. The van der Waals surface area contributed by atoms with Gasteiger partial charge in [0.15, 0.2) is 0 Å². The van der Waals surface area contributed by atoms with Crippen LogP contribution in [0.15, 0.2) is 16.1 Å². The summed E-state index contributed by atoms with van der Waals surface area (Å²) in [6.07, 6.45) is 7.61. The van der Waals surface area contributed by atoms with Gasteiger partial charge in [0.05, 0.1) is 6.54 Å². The Morgan fingerprint density at radius 3 is 2.83 bits per heavy atom. The van der Waals surface area contributed by atoms with Crippen LogP contribution in [-0.4, -0.2) is 12.6 Å². The second kappa shape index (κ2) is 4.89. The Morgan fingerprint density at radius 2 is 2.17 bits per heavy atom. The molecule has 0 aromatic heterocycles. The van der Waals surface area contributed by atoms with Gasteiger partial charge in [0.25, 0.3) is 0 Å². The van der Waals surface area contributed by atoms with Crippen LogP contribution >= 0.6 is 0 Å². The summed E-state index contributed by atoms with van der Waals surface area (Å²) in [5.74, 6) is 0. The molecule has 12 heavy (non-hydrogen) atoms. The minimum Gasteiger partial charge on any atom is -0.211 e. The standard InChI is InChI=1S/C10H15NO/c1-9-4-2-3-5-10(9)6-7-11-8-12/h2-7H2,1H3. The first-order valence-corrected chi connectivity index (χ1v) is 4.55. The summed E-state index contributed by atoms with van der Waals surface area (Å²) in [5, 5.41) is 0. The molecule has 0 N–H and O–H groups in total. The highest BCUT2D eigenvalue weighted by Crippen LogP contribution is 2.26. The summed E-state index contributed by atoms with van der Waals surface area (Å²) in [7, 11) is 0. The van der Waals surface area contributed by atoms with Crippen molar-refractivity contribution in [3.8, 4) is 0 Å². The second-order valence-electron chi connectivity index (χ2n) is 3.31. The van der Waals surface area contributed by atoms with Gasteiger partial charge in [-0.15, -0.1) is 0 Å². The Bertz CT molecular complexity index is 224. The van der Waals surface area contributed by atoms with Gasteiger partial charge in [0.1, 0.15) is 0 Å². The molecule has 66 valence electrons. The third-order valence-electron chi connectivity index (χ3n) is 2.47. The molecular weight excluding hydrogens is 150 g/mol. The summed E-state index contributed by atoms with van der Waals surface area (Å²) >= 11 is 0. The lowest BCUT2D eigenvalue weighted by atomic mass is 9.91. The predicted molar refractivity (Wildman–Crippen MR) is 48.8 cm³/mol. The summed E-state index contributed by atoms with van der Waals surface area (Å²) < 4.78 is 0. The normalized spacial score (nSPS) is 17.4. The van der Waals surface area contributed by atoms with Gasteiger partial charge >= 0.3 is 0 Å². The molecule has 1 aliphatic carbocycles. The minimum atomic E-state index is 0.621. The number of hydrogen-bond acceptors (Lipinski definition) is 2. The van der Waals surface area contributed by atoms with E-state index in [9.17, 15) is 4.79 Å². The summed E-state index contributed by atoms with van der Waals surface area (Å²) in [6, 6.07) is 0. The van der Waals surface area contributed by atoms with Crippen LogP contribution in [0, 0.1) is 0 Å². The van der Waals surface area contributed by atoms with Crippen molar-refractivity contribution in [3.05, 3.63) is 11.1 Å². The van der Waals surface area contributed by atoms with Gasteiger partial charge < -0.3 is 0 Å². The lowest BCUT2D eigenvalue weighted by molar-refractivity contribution is 0.562. The van der Waals surface area contributed by atoms with Crippen molar-refractivity contribution >= 4 is 6.08 Å². The van der Waals surface area contributed by atoms with E-state index in [1.54, 1.807) is 6.08 Å². The Labute approximate surface area is 73.4 Å². The van der Waals surface area contributed by atoms with Gasteiger partial charge in [0, 0.05) is 0 Å². The molecule has 0 spiro atoms. The Kier molecular flexibility index (Phi) is 3.75. The number of nitrogens with zero attached hydrogens (tertiary/aromatic N) is 1. The number of hydrogen-bond donors (Lipinski definition) is 0. The first-order chi connectivity index (χ1) is 5.84. The molecule has 0 saturated carbocycles. The molecular formula is C10H15NO. The van der Waals surface area contributed by atoms with Crippen molar-refractivity contribution < 1.29 is 4.79 Å². The average Bonchev–Trinajstić information content (AvgIpc) is 2.09. The van der Waals surface area contributed by atoms with E-state index in [-0.39, 0.29) is 0 Å². The van der Waals surface area contributed by atoms with Crippen LogP contribution in [0.25, 0.3) is 0 Å². The number of carbonyl (C=O) groups excluding carboxylic acids is 1. The molecule has 0 radical (unpaired) electrons. The van der Waals surface area contributed by atoms with Gasteiger partial charge in [-0.1, -0.05) is 11.1 Å². The Morgan fingerprint density at radius 1 is 1.42 bits per heavy atom. The topological polar surface area (TPSA) is 29.4 Å². The summed E-state index contributed by atoms with van der Waals surface area (Å²) in [4.78, 5) is 13.4. The summed E-state index contributed by atoms with van der Waals surface area (Å²) in [6.45, 7) is 2.81. The van der Waals surface area contributed by atoms with Crippen molar-refractivity contribution in [1.29, 1.82) is 0 Å². The number of aliphatic imine (C=N–C) groups is 1. The molecule has 0 fully saturated rings. The lowest BCUT2D eigenvalue weighted by Gasteiger charge is -2.16. The second-order valence-corrected chi connectivity index (χ2v) is 3.31. The fourth-order valence-corrected chi connectivity index (χ4v) is 1.69. The quantitative estimate of drug-likeness (QED) is 0.359. The van der Waals surface area contributed by atoms with E-state index in [4.69, 9.17) is 0 Å². The highest BCUT2D eigenvalue weighted by Gasteiger charge is 2.07. The third-order valence-corrected chi connectivity index (χ3v) is 2.47. The maximum atomic E-state index is 9.82. The van der Waals surface area contributed by atoms with Gasteiger partial charge in [-0.3, -0.25) is 0 Å². The molecule has 0 aliphatic heterocycles. The molecule has 0 unspecified atom stereocenters. The third kappa shape index (κ3) is 2.63. The molecule has 0 saturated heterocycles. The monoisotopic (exact) mass is 165 g/mol. The zero-order valence-corrected chi connectivity index (χ0v) is 7.60. The van der Waals surface area contributed by atoms with E-state index < -0.39 is 0 Å². The molecule has 1 aliphatic rings. The molecule has 2 heteroatoms. The molecule has 0 atom stereocenters. The van der Waals surface area contributed by atoms with Crippen molar-refractivity contribution in [2.45, 2.75) is 39.0 Å². The predicted octanol–water partition coefficient (Wildman–Crippen LogP) is 2.60. The maximum absolute atomic E-state index is 9.82. The average molecular weight is 165 g/mol. The molecule has 2 nitrogen and oxygen atoms in total. The smallest absolute Gasteiger partial charge is 0.211 e. The largest absolute Gasteiger partial charge is 0.234 e. The van der Waals surface area contributed by atoms with E-state index >= 15 is 0 Å². The molecule has 1 rings (SSSR count). The fourth-order valence-electron chi connectivity index (χ4n) is 1.69. The van der Waals surface area contributed by atoms with Crippen LogP contribution < -0.4 is 0 Å². The molecule has 0 bridgehead atoms. The highest BCUT2D eigenvalue weighted by molar-refractivity contribution is 5.33. The van der Waals surface area contributed by atoms with Gasteiger partial charge in [0.2, 0.25) is 6.08 Å². The fraction of sp³-hybridized carbons (Fsp3) is 0.700. The van der Waals surface area contributed by atoms with Crippen molar-refractivity contribution in [2.75, 3.05) is 6.54 Å². The van der Waals surface area contributed by atoms with Crippen molar-refractivity contribution in [1.82, 2.24) is 0 Å². The minimum absolute atomic E-state index is 0.621. The van der Waals surface area contributed by atoms with Crippen molar-refractivity contribution in [3.63, 3.8) is 0 Å². The Balaban J connectivity index is 2.43. The van der Waals surface area contributed by atoms with Crippen LogP contribution in [-0.2, 0) is 4.79 Å². The van der Waals surface area contributed by atoms with E-state index in [0.29, 0.717) is 6.54 Å². The maximum Gasteiger partial charge on any atom is 0.234 e. The highest BCUT2D eigenvalue weighted by atomic mass is 16.1. The van der Waals surface area contributed by atoms with E-state index in [2.05, 4.69) is 11.9 Å². The van der Waals surface area contributed by atoms with Crippen LogP contribution in [0.5, 0.6) is 0 Å². The number of rotatable bonds is 3. The van der Waals surface area contributed by atoms with Crippen LogP contribution in [0.4, 0.5) is 0 Å². The van der Waals surface area contributed by atoms with E-state index in [1.165, 1.54) is 36.8 Å². The van der Waals surface area contributed by atoms with E-state index in [1.807, 2.05) is 0 Å². The SMILES string of the molecule is CC1=C(CCN=C=O)CCCC1. The van der Waals surface area contributed by atoms with Gasteiger partial charge in [-0.25, -0.2) is 9.79 Å². The lowest BCUT2D eigenvalue weighted by Crippen LogP contribution is -1.98. The number of allylic oxidation sites excluding steroid dienone is 1. The molecule has 0 heterocycles. The van der Waals surface area contributed by atoms with Crippen LogP contribution in [0.2, 0.25) is 0 Å². The van der Waals surface area contributed by atoms with E-state index in [0.717, 1.165) is 6.42 Å². The first kappa shape index (κ1) is 9.21. The first-order valence-electron chi connectivity index (χ1n) is 4.55. The van der Waals surface area contributed by atoms with Gasteiger partial charge in [-0.2, -0.15) is 0 Å². The molecule has 0 aromatic rings.